The lowest BCUT2D eigenvalue weighted by atomic mass is 9.71. The molecule has 0 radical (unpaired) electrons. The number of pyridine rings is 1. The van der Waals surface area contributed by atoms with Crippen LogP contribution in [0.2, 0.25) is 0 Å². The molecule has 10 heteroatoms. The van der Waals surface area contributed by atoms with Gasteiger partial charge in [-0.25, -0.2) is 0 Å². The van der Waals surface area contributed by atoms with Crippen LogP contribution in [0.1, 0.15) is 48.8 Å². The number of fused-ring (bicyclic) bond motifs is 1. The second-order valence-corrected chi connectivity index (χ2v) is 8.58. The fourth-order valence-electron chi connectivity index (χ4n) is 3.80. The van der Waals surface area contributed by atoms with Crippen LogP contribution in [-0.4, -0.2) is 38.5 Å². The third-order valence-electron chi connectivity index (χ3n) is 5.89. The molecule has 1 aromatic carbocycles. The second-order valence-electron chi connectivity index (χ2n) is 8.58. The van der Waals surface area contributed by atoms with E-state index in [0.717, 1.165) is 36.6 Å². The van der Waals surface area contributed by atoms with Crippen LogP contribution >= 0.6 is 0 Å². The maximum atomic E-state index is 12.7. The summed E-state index contributed by atoms with van der Waals surface area (Å²) in [6.45, 7) is 3.61. The molecule has 4 rings (SSSR count). The summed E-state index contributed by atoms with van der Waals surface area (Å²) in [6.07, 6.45) is -0.179. The lowest BCUT2D eigenvalue weighted by Crippen LogP contribution is -2.41. The molecule has 0 saturated heterocycles. The van der Waals surface area contributed by atoms with E-state index < -0.39 is 23.4 Å². The van der Waals surface area contributed by atoms with E-state index in [1.165, 1.54) is 7.11 Å². The molecule has 0 spiro atoms. The van der Waals surface area contributed by atoms with E-state index >= 15 is 0 Å². The summed E-state index contributed by atoms with van der Waals surface area (Å²) in [5.74, 6) is -0.0243. The van der Waals surface area contributed by atoms with Gasteiger partial charge in [-0.3, -0.25) is 14.5 Å². The van der Waals surface area contributed by atoms with Crippen molar-refractivity contribution in [1.29, 1.82) is 0 Å². The third kappa shape index (κ3) is 4.27. The summed E-state index contributed by atoms with van der Waals surface area (Å²) in [5.41, 5.74) is -0.752. The maximum absolute atomic E-state index is 12.7. The molecule has 1 fully saturated rings. The Morgan fingerprint density at radius 1 is 1.25 bits per heavy atom. The summed E-state index contributed by atoms with van der Waals surface area (Å²) in [5, 5.41) is 18.2. The van der Waals surface area contributed by atoms with Gasteiger partial charge in [0.05, 0.1) is 35.5 Å². The van der Waals surface area contributed by atoms with Crippen molar-refractivity contribution in [2.24, 2.45) is 5.92 Å². The van der Waals surface area contributed by atoms with Crippen molar-refractivity contribution >= 4 is 22.5 Å². The van der Waals surface area contributed by atoms with Crippen molar-refractivity contribution < 1.29 is 27.8 Å². The number of nitrogens with zero attached hydrogens (tertiary/aromatic N) is 3. The molecule has 1 aliphatic rings. The van der Waals surface area contributed by atoms with Crippen LogP contribution in [0.25, 0.3) is 10.9 Å². The lowest BCUT2D eigenvalue weighted by molar-refractivity contribution is -0.141. The Bertz CT molecular complexity index is 1140. The first-order valence-electron chi connectivity index (χ1n) is 10.1. The van der Waals surface area contributed by atoms with Gasteiger partial charge < -0.3 is 15.2 Å². The number of carbonyl (C=O) groups is 1. The van der Waals surface area contributed by atoms with E-state index in [1.807, 2.05) is 10.9 Å². The fraction of sp³-hybridized carbons (Fsp3) is 0.409. The number of aromatic nitrogens is 3. The first-order chi connectivity index (χ1) is 15.0. The molecule has 0 aliphatic heterocycles. The van der Waals surface area contributed by atoms with Crippen LogP contribution in [0.5, 0.6) is 5.75 Å². The maximum Gasteiger partial charge on any atom is 0.433 e. The van der Waals surface area contributed by atoms with Gasteiger partial charge in [0.2, 0.25) is 0 Å². The van der Waals surface area contributed by atoms with Gasteiger partial charge in [-0.05, 0) is 50.8 Å². The predicted octanol–water partition coefficient (Wildman–Crippen LogP) is 4.43. The van der Waals surface area contributed by atoms with Crippen molar-refractivity contribution in [3.8, 4) is 5.75 Å². The molecule has 0 atom stereocenters. The number of carbonyl (C=O) groups excluding carboxylic acids is 1. The van der Waals surface area contributed by atoms with Gasteiger partial charge in [0, 0.05) is 23.8 Å². The summed E-state index contributed by atoms with van der Waals surface area (Å²) < 4.78 is 45.3. The molecule has 7 nitrogen and oxygen atoms in total. The molecule has 1 aliphatic carbocycles. The molecule has 0 unspecified atom stereocenters. The number of rotatable bonds is 5. The molecule has 3 aromatic rings. The average Bonchev–Trinajstić information content (AvgIpc) is 3.06. The molecular weight excluding hydrogens is 425 g/mol. The number of hydrogen-bond donors (Lipinski definition) is 2. The monoisotopic (exact) mass is 448 g/mol. The van der Waals surface area contributed by atoms with Crippen molar-refractivity contribution in [2.75, 3.05) is 12.4 Å². The smallest absolute Gasteiger partial charge is 0.433 e. The Balaban J connectivity index is 1.54. The summed E-state index contributed by atoms with van der Waals surface area (Å²) >= 11 is 0. The minimum absolute atomic E-state index is 0.0111. The first-order valence-corrected chi connectivity index (χ1v) is 10.1. The van der Waals surface area contributed by atoms with Crippen LogP contribution in [0.4, 0.5) is 18.9 Å². The van der Waals surface area contributed by atoms with Gasteiger partial charge in [0.15, 0.2) is 0 Å². The van der Waals surface area contributed by atoms with E-state index in [0.29, 0.717) is 17.0 Å². The van der Waals surface area contributed by atoms with Gasteiger partial charge >= 0.3 is 6.18 Å². The molecule has 2 N–H and O–H groups in total. The van der Waals surface area contributed by atoms with E-state index in [1.54, 1.807) is 26.0 Å². The number of anilines is 1. The van der Waals surface area contributed by atoms with Crippen molar-refractivity contribution in [2.45, 2.75) is 44.5 Å². The summed E-state index contributed by atoms with van der Waals surface area (Å²) in [7, 11) is 1.45. The molecule has 0 bridgehead atoms. The zero-order chi connectivity index (χ0) is 23.3. The lowest BCUT2D eigenvalue weighted by Gasteiger charge is -2.42. The summed E-state index contributed by atoms with van der Waals surface area (Å²) in [4.78, 5) is 15.9. The van der Waals surface area contributed by atoms with Crippen LogP contribution in [0, 0.1) is 5.92 Å². The normalized spacial score (nSPS) is 19.0. The highest BCUT2D eigenvalue weighted by Crippen LogP contribution is 2.44. The fourth-order valence-corrected chi connectivity index (χ4v) is 3.80. The number of benzene rings is 1. The Morgan fingerprint density at radius 2 is 1.97 bits per heavy atom. The van der Waals surface area contributed by atoms with Crippen LogP contribution in [0.3, 0.4) is 0 Å². The number of hydrogen-bond acceptors (Lipinski definition) is 5. The van der Waals surface area contributed by atoms with E-state index in [2.05, 4.69) is 15.4 Å². The molecule has 2 heterocycles. The minimum atomic E-state index is -4.57. The third-order valence-corrected chi connectivity index (χ3v) is 5.89. The van der Waals surface area contributed by atoms with Crippen LogP contribution in [0.15, 0.2) is 36.7 Å². The topological polar surface area (TPSA) is 89.3 Å². The number of ether oxygens (including phenoxy) is 1. The van der Waals surface area contributed by atoms with Gasteiger partial charge in [0.25, 0.3) is 5.91 Å². The van der Waals surface area contributed by atoms with Crippen molar-refractivity contribution in [1.82, 2.24) is 14.8 Å². The number of nitrogens with one attached hydrogen (secondary N) is 1. The van der Waals surface area contributed by atoms with Gasteiger partial charge in [-0.15, -0.1) is 0 Å². The molecular formula is C22H23F3N4O3. The number of halogens is 3. The van der Waals surface area contributed by atoms with E-state index in [9.17, 15) is 23.1 Å². The van der Waals surface area contributed by atoms with Crippen LogP contribution < -0.4 is 10.1 Å². The molecule has 170 valence electrons. The average molecular weight is 448 g/mol. The van der Waals surface area contributed by atoms with Crippen LogP contribution in [-0.2, 0) is 6.18 Å². The quantitative estimate of drug-likeness (QED) is 0.603. The molecule has 1 amide bonds. The van der Waals surface area contributed by atoms with Gasteiger partial charge in [0.1, 0.15) is 11.4 Å². The predicted molar refractivity (Wildman–Crippen MR) is 112 cm³/mol. The number of aliphatic hydroxyl groups is 1. The Kier molecular flexibility index (Phi) is 5.36. The van der Waals surface area contributed by atoms with Crippen molar-refractivity contribution in [3.05, 3.63) is 47.9 Å². The standard InChI is InChI=1S/C22H23F3N4O3/c1-21(2,31)14-7-15(8-14)29-11-13-6-17(18(32-3)9-16(13)28-29)27-20(30)12-4-5-19(26-10-12)22(23,24)25/h4-6,9-11,14-15,31H,7-8H2,1-3H3,(H,27,30)/t14-,15-. The Hall–Kier alpha value is -3.14. The molecule has 32 heavy (non-hydrogen) atoms. The molecule has 1 saturated carbocycles. The second kappa shape index (κ2) is 7.77. The zero-order valence-corrected chi connectivity index (χ0v) is 17.8. The number of alkyl halides is 3. The highest BCUT2D eigenvalue weighted by molar-refractivity contribution is 6.06. The summed E-state index contributed by atoms with van der Waals surface area (Å²) in [6, 6.07) is 5.42. The SMILES string of the molecule is COc1cc2nn([C@H]3C[C@H](C(C)(C)O)C3)cc2cc1NC(=O)c1ccc(C(F)(F)F)nc1. The minimum Gasteiger partial charge on any atom is -0.494 e. The van der Waals surface area contributed by atoms with E-state index in [4.69, 9.17) is 4.74 Å². The zero-order valence-electron chi connectivity index (χ0n) is 17.8. The number of amides is 1. The van der Waals surface area contributed by atoms with Crippen molar-refractivity contribution in [3.63, 3.8) is 0 Å². The highest BCUT2D eigenvalue weighted by atomic mass is 19.4. The number of methoxy groups -OCH3 is 1. The Labute approximate surface area is 182 Å². The van der Waals surface area contributed by atoms with Gasteiger partial charge in [-0.2, -0.15) is 18.3 Å². The largest absolute Gasteiger partial charge is 0.494 e. The van der Waals surface area contributed by atoms with Gasteiger partial charge in [-0.1, -0.05) is 0 Å². The molecule has 2 aromatic heterocycles. The Morgan fingerprint density at radius 3 is 2.53 bits per heavy atom. The highest BCUT2D eigenvalue weighted by Gasteiger charge is 2.40. The van der Waals surface area contributed by atoms with E-state index in [-0.39, 0.29) is 17.5 Å². The first kappa shape index (κ1) is 22.1.